The minimum atomic E-state index is 0.245. The van der Waals surface area contributed by atoms with E-state index in [1.165, 1.54) is 30.4 Å². The van der Waals surface area contributed by atoms with Gasteiger partial charge in [-0.1, -0.05) is 67.6 Å². The number of nitrogens with zero attached hydrogens (tertiary/aromatic N) is 2. The Bertz CT molecular complexity index is 708. The van der Waals surface area contributed by atoms with Crippen LogP contribution in [0.25, 0.3) is 0 Å². The fraction of sp³-hybridized carbons (Fsp3) is 0.480. The topological polar surface area (TPSA) is 23.6 Å². The van der Waals surface area contributed by atoms with Crippen LogP contribution < -0.4 is 0 Å². The van der Waals surface area contributed by atoms with Crippen molar-refractivity contribution in [1.29, 1.82) is 0 Å². The van der Waals surface area contributed by atoms with Gasteiger partial charge in [0.05, 0.1) is 0 Å². The van der Waals surface area contributed by atoms with Crippen LogP contribution in [-0.2, 0) is 17.8 Å². The molecule has 1 aliphatic heterocycles. The Balaban J connectivity index is 1.51. The van der Waals surface area contributed by atoms with Crippen LogP contribution in [0.15, 0.2) is 60.7 Å². The van der Waals surface area contributed by atoms with Crippen LogP contribution >= 0.6 is 0 Å². The summed E-state index contributed by atoms with van der Waals surface area (Å²) in [6.45, 7) is 8.03. The van der Waals surface area contributed by atoms with Gasteiger partial charge in [-0.05, 0) is 56.3 Å². The van der Waals surface area contributed by atoms with E-state index in [0.717, 1.165) is 25.6 Å². The molecule has 3 nitrogen and oxygen atoms in total. The molecule has 3 rings (SSSR count). The quantitative estimate of drug-likeness (QED) is 0.661. The second-order valence-electron chi connectivity index (χ2n) is 8.13. The van der Waals surface area contributed by atoms with Gasteiger partial charge in [0.2, 0.25) is 5.91 Å². The van der Waals surface area contributed by atoms with E-state index in [0.29, 0.717) is 19.0 Å². The zero-order valence-electron chi connectivity index (χ0n) is 17.4. The standard InChI is InChI=1S/C25H34N2O/c1-3-25(28)27(20-24-12-8-5-9-13-24)19-21(2)26-16-14-23(15-17-26)18-22-10-6-4-7-11-22/h4-13,21,23H,3,14-20H2,1-2H3. The molecule has 1 heterocycles. The number of piperidine rings is 1. The SMILES string of the molecule is CCC(=O)N(Cc1ccccc1)CC(C)N1CCC(Cc2ccccc2)CC1. The lowest BCUT2D eigenvalue weighted by Crippen LogP contribution is -2.47. The minimum absolute atomic E-state index is 0.245. The van der Waals surface area contributed by atoms with Gasteiger partial charge in [-0.2, -0.15) is 0 Å². The smallest absolute Gasteiger partial charge is 0.222 e. The van der Waals surface area contributed by atoms with Crippen LogP contribution in [0.4, 0.5) is 0 Å². The summed E-state index contributed by atoms with van der Waals surface area (Å²) in [7, 11) is 0. The predicted molar refractivity (Wildman–Crippen MR) is 116 cm³/mol. The van der Waals surface area contributed by atoms with Crippen LogP contribution in [0.2, 0.25) is 0 Å². The molecule has 1 saturated heterocycles. The second kappa shape index (κ2) is 10.4. The van der Waals surface area contributed by atoms with Crippen LogP contribution in [0.3, 0.4) is 0 Å². The highest BCUT2D eigenvalue weighted by atomic mass is 16.2. The van der Waals surface area contributed by atoms with E-state index >= 15 is 0 Å². The van der Waals surface area contributed by atoms with E-state index in [2.05, 4.69) is 54.3 Å². The number of amides is 1. The van der Waals surface area contributed by atoms with Gasteiger partial charge in [-0.3, -0.25) is 9.69 Å². The van der Waals surface area contributed by atoms with Crippen LogP contribution in [0.1, 0.15) is 44.2 Å². The first-order valence-corrected chi connectivity index (χ1v) is 10.8. The van der Waals surface area contributed by atoms with Crippen LogP contribution in [-0.4, -0.2) is 41.4 Å². The van der Waals surface area contributed by atoms with E-state index in [1.807, 2.05) is 30.0 Å². The normalized spacial score (nSPS) is 16.6. The molecule has 28 heavy (non-hydrogen) atoms. The molecule has 0 saturated carbocycles. The van der Waals surface area contributed by atoms with Crippen molar-refractivity contribution < 1.29 is 4.79 Å². The number of hydrogen-bond donors (Lipinski definition) is 0. The molecule has 0 aliphatic carbocycles. The van der Waals surface area contributed by atoms with E-state index < -0.39 is 0 Å². The maximum absolute atomic E-state index is 12.5. The monoisotopic (exact) mass is 378 g/mol. The number of likely N-dealkylation sites (tertiary alicyclic amines) is 1. The molecule has 1 unspecified atom stereocenters. The summed E-state index contributed by atoms with van der Waals surface area (Å²) in [5, 5.41) is 0. The Hall–Kier alpha value is -2.13. The van der Waals surface area contributed by atoms with Crippen molar-refractivity contribution in [3.8, 4) is 0 Å². The maximum atomic E-state index is 12.5. The van der Waals surface area contributed by atoms with Crippen molar-refractivity contribution in [2.24, 2.45) is 5.92 Å². The minimum Gasteiger partial charge on any atom is -0.337 e. The number of carbonyl (C=O) groups excluding carboxylic acids is 1. The molecule has 150 valence electrons. The number of hydrogen-bond acceptors (Lipinski definition) is 2. The molecule has 0 N–H and O–H groups in total. The van der Waals surface area contributed by atoms with E-state index in [9.17, 15) is 4.79 Å². The highest BCUT2D eigenvalue weighted by Gasteiger charge is 2.25. The molecule has 1 fully saturated rings. The molecule has 0 radical (unpaired) electrons. The molecule has 1 atom stereocenters. The summed E-state index contributed by atoms with van der Waals surface area (Å²) in [5.41, 5.74) is 2.66. The molecular weight excluding hydrogens is 344 g/mol. The molecule has 2 aromatic carbocycles. The van der Waals surface area contributed by atoms with Crippen molar-refractivity contribution in [2.45, 2.75) is 52.1 Å². The zero-order valence-corrected chi connectivity index (χ0v) is 17.4. The molecule has 2 aromatic rings. The summed E-state index contributed by atoms with van der Waals surface area (Å²) in [6, 6.07) is 21.6. The molecule has 1 amide bonds. The van der Waals surface area contributed by atoms with Gasteiger partial charge in [0, 0.05) is 25.6 Å². The van der Waals surface area contributed by atoms with Crippen LogP contribution in [0, 0.1) is 5.92 Å². The van der Waals surface area contributed by atoms with Crippen molar-refractivity contribution in [2.75, 3.05) is 19.6 Å². The van der Waals surface area contributed by atoms with E-state index in [4.69, 9.17) is 0 Å². The predicted octanol–water partition coefficient (Wildman–Crippen LogP) is 4.77. The summed E-state index contributed by atoms with van der Waals surface area (Å²) in [5.74, 6) is 1.03. The van der Waals surface area contributed by atoms with Gasteiger partial charge in [-0.15, -0.1) is 0 Å². The van der Waals surface area contributed by atoms with Crippen molar-refractivity contribution in [3.05, 3.63) is 71.8 Å². The lowest BCUT2D eigenvalue weighted by Gasteiger charge is -2.38. The first-order chi connectivity index (χ1) is 13.7. The average molecular weight is 379 g/mol. The van der Waals surface area contributed by atoms with Crippen molar-refractivity contribution >= 4 is 5.91 Å². The Kier molecular flexibility index (Phi) is 7.67. The Morgan fingerprint density at radius 1 is 1.00 bits per heavy atom. The summed E-state index contributed by atoms with van der Waals surface area (Å²) < 4.78 is 0. The van der Waals surface area contributed by atoms with Crippen molar-refractivity contribution in [3.63, 3.8) is 0 Å². The van der Waals surface area contributed by atoms with Crippen LogP contribution in [0.5, 0.6) is 0 Å². The maximum Gasteiger partial charge on any atom is 0.222 e. The Morgan fingerprint density at radius 2 is 1.57 bits per heavy atom. The van der Waals surface area contributed by atoms with Crippen molar-refractivity contribution in [1.82, 2.24) is 9.80 Å². The molecule has 0 spiro atoms. The number of rotatable bonds is 8. The lowest BCUT2D eigenvalue weighted by atomic mass is 9.89. The fourth-order valence-corrected chi connectivity index (χ4v) is 4.26. The third-order valence-electron chi connectivity index (χ3n) is 6.00. The molecular formula is C25H34N2O. The first kappa shape index (κ1) is 20.6. The third kappa shape index (κ3) is 5.93. The van der Waals surface area contributed by atoms with Gasteiger partial charge in [0.15, 0.2) is 0 Å². The highest BCUT2D eigenvalue weighted by molar-refractivity contribution is 5.75. The fourth-order valence-electron chi connectivity index (χ4n) is 4.26. The molecule has 1 aliphatic rings. The van der Waals surface area contributed by atoms with Gasteiger partial charge in [0.25, 0.3) is 0 Å². The second-order valence-corrected chi connectivity index (χ2v) is 8.13. The molecule has 3 heteroatoms. The third-order valence-corrected chi connectivity index (χ3v) is 6.00. The summed E-state index contributed by atoms with van der Waals surface area (Å²) >= 11 is 0. The average Bonchev–Trinajstić information content (AvgIpc) is 2.74. The largest absolute Gasteiger partial charge is 0.337 e. The Morgan fingerprint density at radius 3 is 2.14 bits per heavy atom. The molecule has 0 aromatic heterocycles. The van der Waals surface area contributed by atoms with E-state index in [1.54, 1.807) is 0 Å². The van der Waals surface area contributed by atoms with Gasteiger partial charge in [0.1, 0.15) is 0 Å². The molecule has 0 bridgehead atoms. The first-order valence-electron chi connectivity index (χ1n) is 10.8. The zero-order chi connectivity index (χ0) is 19.8. The van der Waals surface area contributed by atoms with Gasteiger partial charge < -0.3 is 4.90 Å². The summed E-state index contributed by atoms with van der Waals surface area (Å²) in [6.07, 6.45) is 4.26. The number of benzene rings is 2. The van der Waals surface area contributed by atoms with E-state index in [-0.39, 0.29) is 5.91 Å². The lowest BCUT2D eigenvalue weighted by molar-refractivity contribution is -0.132. The Labute approximate surface area is 170 Å². The van der Waals surface area contributed by atoms with Gasteiger partial charge in [-0.25, -0.2) is 0 Å². The summed E-state index contributed by atoms with van der Waals surface area (Å²) in [4.78, 5) is 17.1. The number of carbonyl (C=O) groups is 1. The highest BCUT2D eigenvalue weighted by Crippen LogP contribution is 2.23. The van der Waals surface area contributed by atoms with Gasteiger partial charge >= 0.3 is 0 Å².